The lowest BCUT2D eigenvalue weighted by Gasteiger charge is -2.71. The van der Waals surface area contributed by atoms with Crippen LogP contribution in [0.2, 0.25) is 0 Å². The molecule has 2 spiro atoms. The Morgan fingerprint density at radius 3 is 2.76 bits per heavy atom. The molecule has 6 fully saturated rings. The lowest BCUT2D eigenvalue weighted by Crippen LogP contribution is -2.75. The van der Waals surface area contributed by atoms with Gasteiger partial charge in [0.25, 0.3) is 0 Å². The summed E-state index contributed by atoms with van der Waals surface area (Å²) in [4.78, 5) is 16.1. The number of para-hydroxylation sites is 1. The van der Waals surface area contributed by atoms with E-state index in [1.165, 1.54) is 11.1 Å². The van der Waals surface area contributed by atoms with Gasteiger partial charge >= 0.3 is 0 Å². The number of aliphatic hydroxyl groups excluding tert-OH is 1. The topological polar surface area (TPSA) is 79.2 Å². The fourth-order valence-corrected chi connectivity index (χ4v) is 9.02. The van der Waals surface area contributed by atoms with Crippen molar-refractivity contribution in [3.8, 4) is 0 Å². The molecule has 2 bridgehead atoms. The summed E-state index contributed by atoms with van der Waals surface area (Å²) in [5.74, 6) is 0.893. The number of H-pyrrole nitrogens is 1. The van der Waals surface area contributed by atoms with E-state index in [2.05, 4.69) is 42.1 Å². The van der Waals surface area contributed by atoms with E-state index in [9.17, 15) is 5.11 Å². The SMILES string of the molecule is C[C@]12CC[C@H]3[C@]4(CC[C@]5(C[C@@H](O)CC[C@]35C)OO4)[C@@H]1CC/C2=N\N=C\c1c[nH]c2ccccc12. The molecule has 4 saturated carbocycles. The van der Waals surface area contributed by atoms with E-state index >= 15 is 0 Å². The average Bonchev–Trinajstić information content (AvgIpc) is 3.40. The van der Waals surface area contributed by atoms with Crippen molar-refractivity contribution in [3.05, 3.63) is 36.0 Å². The summed E-state index contributed by atoms with van der Waals surface area (Å²) in [5, 5.41) is 21.0. The van der Waals surface area contributed by atoms with Gasteiger partial charge in [-0.05, 0) is 63.4 Å². The van der Waals surface area contributed by atoms with Gasteiger partial charge < -0.3 is 10.1 Å². The van der Waals surface area contributed by atoms with Crippen LogP contribution >= 0.6 is 0 Å². The predicted molar refractivity (Wildman–Crippen MR) is 132 cm³/mol. The maximum Gasteiger partial charge on any atom is 0.112 e. The Bertz CT molecular complexity index is 1190. The first-order valence-corrected chi connectivity index (χ1v) is 13.1. The van der Waals surface area contributed by atoms with Gasteiger partial charge in [0.1, 0.15) is 11.2 Å². The molecule has 3 heterocycles. The summed E-state index contributed by atoms with van der Waals surface area (Å²) < 4.78 is 0. The Labute approximate surface area is 200 Å². The van der Waals surface area contributed by atoms with Crippen LogP contribution in [-0.4, -0.2) is 39.3 Å². The van der Waals surface area contributed by atoms with Crippen molar-refractivity contribution in [1.82, 2.24) is 4.98 Å². The summed E-state index contributed by atoms with van der Waals surface area (Å²) in [5.41, 5.74) is 2.94. The maximum atomic E-state index is 10.4. The molecule has 180 valence electrons. The van der Waals surface area contributed by atoms with E-state index in [-0.39, 0.29) is 28.1 Å². The van der Waals surface area contributed by atoms with Gasteiger partial charge in [0.15, 0.2) is 0 Å². The number of rotatable bonds is 2. The Morgan fingerprint density at radius 2 is 1.91 bits per heavy atom. The first-order chi connectivity index (χ1) is 16.4. The molecule has 0 amide bonds. The van der Waals surface area contributed by atoms with Gasteiger partial charge in [-0.15, -0.1) is 0 Å². The highest BCUT2D eigenvalue weighted by atomic mass is 17.2. The molecule has 8 rings (SSSR count). The van der Waals surface area contributed by atoms with Crippen LogP contribution in [0.3, 0.4) is 0 Å². The van der Waals surface area contributed by atoms with Crippen LogP contribution < -0.4 is 0 Å². The number of benzene rings is 1. The second kappa shape index (κ2) is 7.02. The molecule has 7 atom stereocenters. The van der Waals surface area contributed by atoms with Gasteiger partial charge in [-0.2, -0.15) is 10.2 Å². The first kappa shape index (κ1) is 21.3. The van der Waals surface area contributed by atoms with E-state index in [0.717, 1.165) is 62.4 Å². The van der Waals surface area contributed by atoms with Gasteiger partial charge in [0.05, 0.1) is 12.3 Å². The minimum Gasteiger partial charge on any atom is -0.393 e. The molecule has 6 heteroatoms. The third-order valence-electron chi connectivity index (χ3n) is 10.9. The van der Waals surface area contributed by atoms with Crippen molar-refractivity contribution in [3.63, 3.8) is 0 Å². The number of fused-ring (bicyclic) bond motifs is 4. The van der Waals surface area contributed by atoms with Gasteiger partial charge in [0, 0.05) is 51.5 Å². The molecule has 2 saturated heterocycles. The van der Waals surface area contributed by atoms with Gasteiger partial charge in [-0.1, -0.05) is 32.0 Å². The molecule has 4 aliphatic carbocycles. The molecular weight excluding hydrogens is 426 g/mol. The minimum atomic E-state index is -0.316. The molecule has 2 aliphatic heterocycles. The molecule has 34 heavy (non-hydrogen) atoms. The summed E-state index contributed by atoms with van der Waals surface area (Å²) in [6.07, 6.45) is 12.6. The summed E-state index contributed by atoms with van der Waals surface area (Å²) in [6, 6.07) is 8.29. The second-order valence-corrected chi connectivity index (χ2v) is 12.1. The molecule has 2 N–H and O–H groups in total. The molecular formula is C28H35N3O3. The van der Waals surface area contributed by atoms with E-state index in [4.69, 9.17) is 14.9 Å². The fraction of sp³-hybridized carbons (Fsp3) is 0.643. The molecule has 2 aromatic rings. The predicted octanol–water partition coefficient (Wildman–Crippen LogP) is 5.55. The molecule has 6 aliphatic rings. The zero-order chi connectivity index (χ0) is 23.2. The van der Waals surface area contributed by atoms with E-state index in [0.29, 0.717) is 18.3 Å². The number of aromatic nitrogens is 1. The van der Waals surface area contributed by atoms with Crippen molar-refractivity contribution in [2.45, 2.75) is 88.9 Å². The number of nitrogens with one attached hydrogen (secondary N) is 1. The van der Waals surface area contributed by atoms with Crippen LogP contribution in [0.25, 0.3) is 10.9 Å². The van der Waals surface area contributed by atoms with E-state index in [1.54, 1.807) is 0 Å². The van der Waals surface area contributed by atoms with Crippen LogP contribution in [0.1, 0.15) is 77.2 Å². The lowest BCUT2D eigenvalue weighted by molar-refractivity contribution is -0.535. The third kappa shape index (κ3) is 2.57. The number of aliphatic hydroxyl groups is 1. The highest BCUT2D eigenvalue weighted by Crippen LogP contribution is 2.73. The zero-order valence-corrected chi connectivity index (χ0v) is 20.2. The number of hydrogen-bond donors (Lipinski definition) is 2. The van der Waals surface area contributed by atoms with Crippen molar-refractivity contribution in [2.24, 2.45) is 32.9 Å². The Morgan fingerprint density at radius 1 is 1.03 bits per heavy atom. The summed E-state index contributed by atoms with van der Waals surface area (Å²) >= 11 is 0. The molecule has 6 nitrogen and oxygen atoms in total. The van der Waals surface area contributed by atoms with Gasteiger partial charge in [-0.3, -0.25) is 0 Å². The largest absolute Gasteiger partial charge is 0.393 e. The van der Waals surface area contributed by atoms with Crippen LogP contribution in [0, 0.1) is 22.7 Å². The number of nitrogens with zero attached hydrogens (tertiary/aromatic N) is 2. The van der Waals surface area contributed by atoms with Gasteiger partial charge in [0.2, 0.25) is 0 Å². The fourth-order valence-electron chi connectivity index (χ4n) is 9.02. The maximum absolute atomic E-state index is 10.4. The number of aromatic amines is 1. The minimum absolute atomic E-state index is 0.000700. The Kier molecular flexibility index (Phi) is 4.39. The lowest BCUT2D eigenvalue weighted by atomic mass is 9.41. The standard InChI is InChI=1S/C28H35N3O3/c1-25-11-10-23-26(2)12-9-19(32)15-27(26)13-14-28(23,34-33-27)22(25)7-8-24(25)31-30-17-18-16-29-21-6-4-3-5-20(18)21/h3-6,16-17,19,22-23,29,32H,7-15H2,1-2H3/b30-17+,31-24+/t19-,22+,23+,25-,26+,27+,28-/m0/s1. The normalized spacial score (nSPS) is 46.7. The number of hydrogen-bond acceptors (Lipinski definition) is 5. The van der Waals surface area contributed by atoms with Gasteiger partial charge in [-0.25, -0.2) is 9.78 Å². The van der Waals surface area contributed by atoms with E-state index < -0.39 is 0 Å². The molecule has 1 aromatic heterocycles. The van der Waals surface area contributed by atoms with Crippen molar-refractivity contribution in [2.75, 3.05) is 0 Å². The third-order valence-corrected chi connectivity index (χ3v) is 10.9. The van der Waals surface area contributed by atoms with Crippen molar-refractivity contribution < 1.29 is 14.9 Å². The highest BCUT2D eigenvalue weighted by Gasteiger charge is 2.75. The second-order valence-electron chi connectivity index (χ2n) is 12.1. The highest BCUT2D eigenvalue weighted by molar-refractivity contribution is 5.99. The van der Waals surface area contributed by atoms with Crippen LogP contribution in [0.4, 0.5) is 0 Å². The Balaban J connectivity index is 1.19. The molecule has 1 aromatic carbocycles. The Hall–Kier alpha value is -2.02. The monoisotopic (exact) mass is 461 g/mol. The van der Waals surface area contributed by atoms with Crippen molar-refractivity contribution >= 4 is 22.8 Å². The van der Waals surface area contributed by atoms with E-state index in [1.807, 2.05) is 18.5 Å². The van der Waals surface area contributed by atoms with Crippen molar-refractivity contribution in [1.29, 1.82) is 0 Å². The van der Waals surface area contributed by atoms with Crippen LogP contribution in [-0.2, 0) is 9.78 Å². The van der Waals surface area contributed by atoms with Crippen LogP contribution in [0.5, 0.6) is 0 Å². The zero-order valence-electron chi connectivity index (χ0n) is 20.2. The summed E-state index contributed by atoms with van der Waals surface area (Å²) in [6.45, 7) is 4.82. The average molecular weight is 462 g/mol. The smallest absolute Gasteiger partial charge is 0.112 e. The molecule has 0 radical (unpaired) electrons. The molecule has 0 unspecified atom stereocenters. The first-order valence-electron chi connectivity index (χ1n) is 13.1. The quantitative estimate of drug-likeness (QED) is 0.349. The summed E-state index contributed by atoms with van der Waals surface area (Å²) in [7, 11) is 0. The van der Waals surface area contributed by atoms with Crippen LogP contribution in [0.15, 0.2) is 40.7 Å².